The molecule has 0 bridgehead atoms. The first-order valence-electron chi connectivity index (χ1n) is 5.42. The van der Waals surface area contributed by atoms with E-state index >= 15 is 0 Å². The van der Waals surface area contributed by atoms with Crippen molar-refractivity contribution >= 4 is 7.85 Å². The molecule has 0 amide bonds. The summed E-state index contributed by atoms with van der Waals surface area (Å²) >= 11 is 0. The standard InChI is InChI=1S/C12H18BNO2/c1-10-9-11(5-8-14-10)12(15-2,16-3)6-4-7-13/h5,8-9H,4,6-7H2,1-3H3. The molecule has 0 aromatic carbocycles. The molecule has 0 fully saturated rings. The maximum atomic E-state index is 5.53. The number of rotatable bonds is 6. The third kappa shape index (κ3) is 2.83. The van der Waals surface area contributed by atoms with Crippen LogP contribution in [-0.2, 0) is 15.3 Å². The number of aromatic nitrogens is 1. The summed E-state index contributed by atoms with van der Waals surface area (Å²) in [6.45, 7) is 1.95. The molecule has 3 nitrogen and oxygen atoms in total. The molecule has 0 saturated heterocycles. The molecule has 0 unspecified atom stereocenters. The van der Waals surface area contributed by atoms with Gasteiger partial charge in [0.1, 0.15) is 0 Å². The van der Waals surface area contributed by atoms with Gasteiger partial charge in [-0.15, -0.1) is 0 Å². The fourth-order valence-corrected chi connectivity index (χ4v) is 1.78. The second kappa shape index (κ2) is 6.02. The smallest absolute Gasteiger partial charge is 0.194 e. The van der Waals surface area contributed by atoms with Crippen LogP contribution in [0.3, 0.4) is 0 Å². The Morgan fingerprint density at radius 1 is 1.38 bits per heavy atom. The van der Waals surface area contributed by atoms with Crippen LogP contribution in [0.4, 0.5) is 0 Å². The predicted molar refractivity (Wildman–Crippen MR) is 64.5 cm³/mol. The second-order valence-corrected chi connectivity index (χ2v) is 3.74. The van der Waals surface area contributed by atoms with Crippen molar-refractivity contribution in [3.63, 3.8) is 0 Å². The van der Waals surface area contributed by atoms with Crippen molar-refractivity contribution in [3.05, 3.63) is 29.6 Å². The van der Waals surface area contributed by atoms with Gasteiger partial charge in [0, 0.05) is 38.1 Å². The van der Waals surface area contributed by atoms with Crippen LogP contribution < -0.4 is 0 Å². The minimum atomic E-state index is -0.701. The molecule has 1 rings (SSSR count). The van der Waals surface area contributed by atoms with E-state index in [2.05, 4.69) is 4.98 Å². The molecule has 2 radical (unpaired) electrons. The van der Waals surface area contributed by atoms with Crippen LogP contribution in [-0.4, -0.2) is 27.0 Å². The molecule has 1 heterocycles. The lowest BCUT2D eigenvalue weighted by molar-refractivity contribution is -0.220. The van der Waals surface area contributed by atoms with Gasteiger partial charge in [-0.2, -0.15) is 0 Å². The van der Waals surface area contributed by atoms with E-state index in [0.717, 1.165) is 24.1 Å². The van der Waals surface area contributed by atoms with Gasteiger partial charge in [-0.1, -0.05) is 12.7 Å². The topological polar surface area (TPSA) is 31.4 Å². The Morgan fingerprint density at radius 2 is 2.06 bits per heavy atom. The second-order valence-electron chi connectivity index (χ2n) is 3.74. The van der Waals surface area contributed by atoms with Gasteiger partial charge in [0.25, 0.3) is 0 Å². The van der Waals surface area contributed by atoms with Gasteiger partial charge in [0.05, 0.1) is 7.85 Å². The van der Waals surface area contributed by atoms with Gasteiger partial charge in [0.2, 0.25) is 0 Å². The van der Waals surface area contributed by atoms with Crippen molar-refractivity contribution in [1.29, 1.82) is 0 Å². The Kier molecular flexibility index (Phi) is 4.96. The van der Waals surface area contributed by atoms with Crippen molar-refractivity contribution in [3.8, 4) is 0 Å². The number of pyridine rings is 1. The molecular formula is C12H18BNO2. The summed E-state index contributed by atoms with van der Waals surface area (Å²) < 4.78 is 11.0. The molecule has 0 N–H and O–H groups in total. The van der Waals surface area contributed by atoms with E-state index in [0.29, 0.717) is 6.32 Å². The number of nitrogens with zero attached hydrogens (tertiary/aromatic N) is 1. The number of ether oxygens (including phenoxy) is 2. The molecule has 16 heavy (non-hydrogen) atoms. The summed E-state index contributed by atoms with van der Waals surface area (Å²) in [6, 6.07) is 3.89. The van der Waals surface area contributed by atoms with Crippen molar-refractivity contribution in [1.82, 2.24) is 4.98 Å². The van der Waals surface area contributed by atoms with Crippen LogP contribution in [0, 0.1) is 6.92 Å². The van der Waals surface area contributed by atoms with Gasteiger partial charge >= 0.3 is 0 Å². The highest BCUT2D eigenvalue weighted by atomic mass is 16.7. The Hall–Kier alpha value is -0.865. The Balaban J connectivity index is 2.99. The summed E-state index contributed by atoms with van der Waals surface area (Å²) in [5.74, 6) is -0.701. The zero-order valence-corrected chi connectivity index (χ0v) is 10.2. The maximum absolute atomic E-state index is 5.53. The number of hydrogen-bond acceptors (Lipinski definition) is 3. The fourth-order valence-electron chi connectivity index (χ4n) is 1.78. The summed E-state index contributed by atoms with van der Waals surface area (Å²) in [4.78, 5) is 4.17. The molecule has 0 atom stereocenters. The van der Waals surface area contributed by atoms with Crippen LogP contribution in [0.5, 0.6) is 0 Å². The summed E-state index contributed by atoms with van der Waals surface area (Å²) in [6.07, 6.45) is 3.97. The first kappa shape index (κ1) is 13.2. The Labute approximate surface area is 98.6 Å². The first-order valence-corrected chi connectivity index (χ1v) is 5.42. The van der Waals surface area contributed by atoms with Crippen LogP contribution in [0.2, 0.25) is 6.32 Å². The fraction of sp³-hybridized carbons (Fsp3) is 0.583. The molecule has 1 aromatic rings. The van der Waals surface area contributed by atoms with E-state index in [1.807, 2.05) is 19.1 Å². The van der Waals surface area contributed by atoms with Gasteiger partial charge in [0.15, 0.2) is 5.79 Å². The van der Waals surface area contributed by atoms with Crippen LogP contribution in [0.1, 0.15) is 24.1 Å². The number of methoxy groups -OCH3 is 2. The number of aryl methyl sites for hydroxylation is 1. The van der Waals surface area contributed by atoms with E-state index in [1.165, 1.54) is 0 Å². The number of hydrogen-bond donors (Lipinski definition) is 0. The van der Waals surface area contributed by atoms with E-state index in [9.17, 15) is 0 Å². The van der Waals surface area contributed by atoms with Gasteiger partial charge in [-0.3, -0.25) is 4.98 Å². The highest BCUT2D eigenvalue weighted by Gasteiger charge is 2.31. The third-order valence-corrected chi connectivity index (χ3v) is 2.71. The van der Waals surface area contributed by atoms with Gasteiger partial charge in [-0.05, 0) is 19.1 Å². The van der Waals surface area contributed by atoms with E-state index < -0.39 is 5.79 Å². The quantitative estimate of drug-likeness (QED) is 0.542. The molecule has 1 aromatic heterocycles. The average Bonchev–Trinajstić information content (AvgIpc) is 2.31. The molecule has 0 aliphatic rings. The summed E-state index contributed by atoms with van der Waals surface area (Å²) in [5.41, 5.74) is 1.93. The van der Waals surface area contributed by atoms with Crippen LogP contribution in [0.15, 0.2) is 18.3 Å². The van der Waals surface area contributed by atoms with E-state index in [-0.39, 0.29) is 0 Å². The van der Waals surface area contributed by atoms with Crippen molar-refractivity contribution < 1.29 is 9.47 Å². The highest BCUT2D eigenvalue weighted by Crippen LogP contribution is 2.31. The largest absolute Gasteiger partial charge is 0.349 e. The van der Waals surface area contributed by atoms with E-state index in [4.69, 9.17) is 17.3 Å². The van der Waals surface area contributed by atoms with Crippen LogP contribution in [0.25, 0.3) is 0 Å². The maximum Gasteiger partial charge on any atom is 0.194 e. The average molecular weight is 219 g/mol. The minimum absolute atomic E-state index is 0.624. The molecule has 0 spiro atoms. The Bertz CT molecular complexity index is 327. The molecular weight excluding hydrogens is 201 g/mol. The zero-order valence-electron chi connectivity index (χ0n) is 10.2. The molecule has 0 saturated carbocycles. The highest BCUT2D eigenvalue weighted by molar-refractivity contribution is 6.08. The first-order chi connectivity index (χ1) is 7.68. The van der Waals surface area contributed by atoms with Crippen molar-refractivity contribution in [2.45, 2.75) is 31.9 Å². The summed E-state index contributed by atoms with van der Waals surface area (Å²) in [5, 5.41) is 0. The lowest BCUT2D eigenvalue weighted by Crippen LogP contribution is -2.31. The lowest BCUT2D eigenvalue weighted by atomic mass is 9.94. The molecule has 0 aliphatic carbocycles. The lowest BCUT2D eigenvalue weighted by Gasteiger charge is -2.31. The minimum Gasteiger partial charge on any atom is -0.349 e. The predicted octanol–water partition coefficient (Wildman–Crippen LogP) is 2.20. The molecule has 86 valence electrons. The zero-order chi connectivity index (χ0) is 12.0. The van der Waals surface area contributed by atoms with Crippen molar-refractivity contribution in [2.75, 3.05) is 14.2 Å². The third-order valence-electron chi connectivity index (χ3n) is 2.71. The summed E-state index contributed by atoms with van der Waals surface area (Å²) in [7, 11) is 8.83. The monoisotopic (exact) mass is 219 g/mol. The van der Waals surface area contributed by atoms with E-state index in [1.54, 1.807) is 20.4 Å². The Morgan fingerprint density at radius 3 is 2.56 bits per heavy atom. The van der Waals surface area contributed by atoms with Gasteiger partial charge < -0.3 is 9.47 Å². The van der Waals surface area contributed by atoms with Crippen molar-refractivity contribution in [2.24, 2.45) is 0 Å². The molecule has 0 aliphatic heterocycles. The normalized spacial score (nSPS) is 11.7. The van der Waals surface area contributed by atoms with Gasteiger partial charge in [-0.25, -0.2) is 0 Å². The van der Waals surface area contributed by atoms with Crippen LogP contribution >= 0.6 is 0 Å². The SMILES string of the molecule is [B]CCCC(OC)(OC)c1ccnc(C)c1. The molecule has 4 heteroatoms.